The lowest BCUT2D eigenvalue weighted by atomic mass is 9.79. The third-order valence-electron chi connectivity index (χ3n) is 7.74. The molecule has 2 atom stereocenters. The average molecular weight is 495 g/mol. The summed E-state index contributed by atoms with van der Waals surface area (Å²) >= 11 is 0. The quantitative estimate of drug-likeness (QED) is 0.591. The van der Waals surface area contributed by atoms with E-state index in [-0.39, 0.29) is 29.1 Å². The molecule has 1 aromatic heterocycles. The van der Waals surface area contributed by atoms with Gasteiger partial charge in [-0.1, -0.05) is 38.1 Å². The molecule has 2 aliphatic rings. The number of methoxy groups -OCH3 is 1. The summed E-state index contributed by atoms with van der Waals surface area (Å²) < 4.78 is 17.1. The Labute approximate surface area is 214 Å². The van der Waals surface area contributed by atoms with Crippen molar-refractivity contribution < 1.29 is 23.6 Å². The average Bonchev–Trinajstić information content (AvgIpc) is 3.54. The number of carbonyl (C=O) groups is 2. The number of likely N-dealkylation sites (tertiary alicyclic amines) is 1. The lowest BCUT2D eigenvalue weighted by Gasteiger charge is -2.32. The Morgan fingerprint density at radius 2 is 1.72 bits per heavy atom. The molecule has 4 rings (SSSR count). The Balaban J connectivity index is 1.48. The molecule has 2 fully saturated rings. The number of nitrogens with one attached hydrogen (secondary N) is 2. The van der Waals surface area contributed by atoms with Crippen LogP contribution in [0.2, 0.25) is 0 Å². The highest BCUT2D eigenvalue weighted by atomic mass is 16.7. The summed E-state index contributed by atoms with van der Waals surface area (Å²) in [5.74, 6) is -0.139. The highest BCUT2D eigenvalue weighted by Gasteiger charge is 2.51. The van der Waals surface area contributed by atoms with Gasteiger partial charge in [-0.2, -0.15) is 0 Å². The third kappa shape index (κ3) is 5.04. The third-order valence-corrected chi connectivity index (χ3v) is 7.74. The highest BCUT2D eigenvalue weighted by Crippen LogP contribution is 2.37. The summed E-state index contributed by atoms with van der Waals surface area (Å²) in [5, 5.41) is 2.70. The Bertz CT molecular complexity index is 1080. The van der Waals surface area contributed by atoms with Gasteiger partial charge in [0, 0.05) is 17.9 Å². The smallest absolute Gasteiger partial charge is 0.453 e. The van der Waals surface area contributed by atoms with Crippen LogP contribution in [0.1, 0.15) is 66.1 Å². The molecule has 2 amide bonds. The first-order valence-corrected chi connectivity index (χ1v) is 12.7. The van der Waals surface area contributed by atoms with Crippen molar-refractivity contribution in [3.05, 3.63) is 42.1 Å². The highest BCUT2D eigenvalue weighted by molar-refractivity contribution is 6.62. The van der Waals surface area contributed by atoms with E-state index < -0.39 is 19.3 Å². The van der Waals surface area contributed by atoms with Crippen molar-refractivity contribution in [3.8, 4) is 11.3 Å². The number of nitrogens with zero attached hydrogens (tertiary/aromatic N) is 1. The predicted molar refractivity (Wildman–Crippen MR) is 140 cm³/mol. The van der Waals surface area contributed by atoms with Gasteiger partial charge in [0.15, 0.2) is 0 Å². The van der Waals surface area contributed by atoms with Crippen molar-refractivity contribution in [1.82, 2.24) is 15.2 Å². The van der Waals surface area contributed by atoms with Crippen LogP contribution < -0.4 is 10.8 Å². The molecule has 0 saturated carbocycles. The van der Waals surface area contributed by atoms with Crippen LogP contribution in [0.25, 0.3) is 11.3 Å². The molecule has 3 heterocycles. The topological polar surface area (TPSA) is 92.9 Å². The van der Waals surface area contributed by atoms with E-state index in [0.29, 0.717) is 6.54 Å². The van der Waals surface area contributed by atoms with Gasteiger partial charge in [-0.25, -0.2) is 4.79 Å². The molecule has 0 radical (unpaired) electrons. The van der Waals surface area contributed by atoms with E-state index in [1.54, 1.807) is 0 Å². The SMILES string of the molecule is COC(=O)N[C@H](C(=O)N1CCC[C@H]1c1ccc(-c2ccc(B3OC(C)(C)C(C)(C)O3)cc2)[nH]1)C(C)C. The van der Waals surface area contributed by atoms with E-state index in [0.717, 1.165) is 35.3 Å². The minimum Gasteiger partial charge on any atom is -0.453 e. The maximum atomic E-state index is 13.4. The van der Waals surface area contributed by atoms with Crippen molar-refractivity contribution in [2.75, 3.05) is 13.7 Å². The number of rotatable bonds is 6. The molecular formula is C27H38BN3O5. The van der Waals surface area contributed by atoms with Crippen LogP contribution in [-0.2, 0) is 18.8 Å². The van der Waals surface area contributed by atoms with Crippen LogP contribution in [-0.4, -0.2) is 59.9 Å². The molecule has 9 heteroatoms. The standard InChI is InChI=1S/C27H38BN3O5/c1-17(2)23(30-25(33)34-7)24(32)31-16-8-9-22(31)21-15-14-20(29-21)18-10-12-19(13-11-18)28-35-26(3,4)27(5,6)36-28/h10-15,17,22-23,29H,8-9,16H2,1-7H3,(H,30,33)/t22-,23-/m0/s1. The van der Waals surface area contributed by atoms with E-state index in [1.165, 1.54) is 7.11 Å². The molecule has 8 nitrogen and oxygen atoms in total. The minimum atomic E-state index is -0.630. The number of aromatic nitrogens is 1. The van der Waals surface area contributed by atoms with Gasteiger partial charge in [0.25, 0.3) is 0 Å². The zero-order valence-electron chi connectivity index (χ0n) is 22.4. The van der Waals surface area contributed by atoms with Gasteiger partial charge in [0.2, 0.25) is 5.91 Å². The summed E-state index contributed by atoms with van der Waals surface area (Å²) in [4.78, 5) is 30.6. The Kier molecular flexibility index (Phi) is 7.26. The number of amides is 2. The van der Waals surface area contributed by atoms with Crippen molar-refractivity contribution in [2.45, 2.75) is 77.7 Å². The van der Waals surface area contributed by atoms with E-state index in [4.69, 9.17) is 14.0 Å². The number of hydrogen-bond donors (Lipinski definition) is 2. The number of benzene rings is 1. The maximum absolute atomic E-state index is 13.4. The van der Waals surface area contributed by atoms with Gasteiger partial charge in [-0.05, 0) is 69.6 Å². The van der Waals surface area contributed by atoms with E-state index in [2.05, 4.69) is 22.4 Å². The van der Waals surface area contributed by atoms with Crippen molar-refractivity contribution in [1.29, 1.82) is 0 Å². The number of carbonyl (C=O) groups excluding carboxylic acids is 2. The number of hydrogen-bond acceptors (Lipinski definition) is 5. The van der Waals surface area contributed by atoms with E-state index in [9.17, 15) is 9.59 Å². The summed E-state index contributed by atoms with van der Waals surface area (Å²) in [6.07, 6.45) is 1.19. The number of H-pyrrole nitrogens is 1. The van der Waals surface area contributed by atoms with Gasteiger partial charge < -0.3 is 29.2 Å². The van der Waals surface area contributed by atoms with Crippen LogP contribution in [0.5, 0.6) is 0 Å². The second kappa shape index (κ2) is 9.94. The first kappa shape index (κ1) is 26.3. The largest absolute Gasteiger partial charge is 0.494 e. The number of ether oxygens (including phenoxy) is 1. The van der Waals surface area contributed by atoms with E-state index >= 15 is 0 Å². The summed E-state index contributed by atoms with van der Waals surface area (Å²) in [5.41, 5.74) is 3.25. The Morgan fingerprint density at radius 1 is 1.08 bits per heavy atom. The van der Waals surface area contributed by atoms with Crippen molar-refractivity contribution in [2.24, 2.45) is 5.92 Å². The minimum absolute atomic E-state index is 0.0560. The Morgan fingerprint density at radius 3 is 2.31 bits per heavy atom. The van der Waals surface area contributed by atoms with Gasteiger partial charge in [0.1, 0.15) is 6.04 Å². The van der Waals surface area contributed by atoms with Crippen LogP contribution in [0.15, 0.2) is 36.4 Å². The molecule has 0 spiro atoms. The lowest BCUT2D eigenvalue weighted by molar-refractivity contribution is -0.135. The molecule has 2 aliphatic heterocycles. The molecule has 0 aliphatic carbocycles. The maximum Gasteiger partial charge on any atom is 0.494 e. The second-order valence-corrected chi connectivity index (χ2v) is 11.1. The Hall–Kier alpha value is -2.78. The molecule has 0 unspecified atom stereocenters. The van der Waals surface area contributed by atoms with Crippen molar-refractivity contribution >= 4 is 24.6 Å². The van der Waals surface area contributed by atoms with Gasteiger partial charge >= 0.3 is 13.2 Å². The first-order chi connectivity index (χ1) is 16.9. The normalized spacial score (nSPS) is 21.6. The lowest BCUT2D eigenvalue weighted by Crippen LogP contribution is -2.51. The van der Waals surface area contributed by atoms with Crippen LogP contribution >= 0.6 is 0 Å². The first-order valence-electron chi connectivity index (χ1n) is 12.7. The summed E-state index contributed by atoms with van der Waals surface area (Å²) in [7, 11) is 0.909. The number of aromatic amines is 1. The fourth-order valence-corrected chi connectivity index (χ4v) is 4.81. The van der Waals surface area contributed by atoms with Gasteiger partial charge in [-0.15, -0.1) is 0 Å². The molecule has 1 aromatic carbocycles. The van der Waals surface area contributed by atoms with Crippen LogP contribution in [0, 0.1) is 5.92 Å². The molecule has 0 bridgehead atoms. The van der Waals surface area contributed by atoms with Crippen LogP contribution in [0.4, 0.5) is 4.79 Å². The van der Waals surface area contributed by atoms with Gasteiger partial charge in [-0.3, -0.25) is 4.79 Å². The van der Waals surface area contributed by atoms with Crippen molar-refractivity contribution in [3.63, 3.8) is 0 Å². The second-order valence-electron chi connectivity index (χ2n) is 11.1. The molecular weight excluding hydrogens is 457 g/mol. The molecule has 2 aromatic rings. The van der Waals surface area contributed by atoms with Gasteiger partial charge in [0.05, 0.1) is 24.4 Å². The predicted octanol–water partition coefficient (Wildman–Crippen LogP) is 4.03. The summed E-state index contributed by atoms with van der Waals surface area (Å²) in [6, 6.07) is 11.6. The fraction of sp³-hybridized carbons (Fsp3) is 0.556. The summed E-state index contributed by atoms with van der Waals surface area (Å²) in [6.45, 7) is 12.7. The molecule has 36 heavy (non-hydrogen) atoms. The number of alkyl carbamates (subject to hydrolysis) is 1. The fourth-order valence-electron chi connectivity index (χ4n) is 4.81. The van der Waals surface area contributed by atoms with Crippen LogP contribution in [0.3, 0.4) is 0 Å². The molecule has 2 N–H and O–H groups in total. The monoisotopic (exact) mass is 495 g/mol. The zero-order chi connectivity index (χ0) is 26.3. The zero-order valence-corrected chi connectivity index (χ0v) is 22.4. The molecule has 2 saturated heterocycles. The molecule has 194 valence electrons. The van der Waals surface area contributed by atoms with E-state index in [1.807, 2.05) is 70.7 Å².